The third-order valence-electron chi connectivity index (χ3n) is 2.69. The Morgan fingerprint density at radius 1 is 0.810 bits per heavy atom. The van der Waals surface area contributed by atoms with Crippen LogP contribution >= 0.6 is 0 Å². The molecule has 0 aliphatic heterocycles. The molecule has 9 heteroatoms. The Morgan fingerprint density at radius 3 is 1.52 bits per heavy atom. The zero-order valence-corrected chi connectivity index (χ0v) is 15.7. The van der Waals surface area contributed by atoms with Gasteiger partial charge in [0, 0.05) is 29.6 Å². The van der Waals surface area contributed by atoms with Crippen molar-refractivity contribution < 1.29 is 24.9 Å². The molecule has 0 saturated heterocycles. The quantitative estimate of drug-likeness (QED) is 0.501. The number of benzene rings is 2. The van der Waals surface area contributed by atoms with Gasteiger partial charge in [-0.25, -0.2) is 0 Å². The fourth-order valence-electron chi connectivity index (χ4n) is 1.67. The van der Waals surface area contributed by atoms with Gasteiger partial charge in [-0.1, -0.05) is 0 Å². The maximum Gasteiger partial charge on any atom is 0 e. The number of hydrogen-bond acceptors (Lipinski definition) is 3. The van der Waals surface area contributed by atoms with Gasteiger partial charge in [0.15, 0.2) is 0 Å². The van der Waals surface area contributed by atoms with Crippen LogP contribution in [0.1, 0.15) is 0 Å². The predicted octanol–water partition coefficient (Wildman–Crippen LogP) is -0.220. The zero-order chi connectivity index (χ0) is 15.0. The largest absolute Gasteiger partial charge is 0 e. The van der Waals surface area contributed by atoms with Gasteiger partial charge in [0.2, 0.25) is 0 Å². The second-order valence-electron chi connectivity index (χ2n) is 4.09. The van der Waals surface area contributed by atoms with Crippen molar-refractivity contribution in [3.63, 3.8) is 0 Å². The van der Waals surface area contributed by atoms with E-state index in [-0.39, 0.29) is 38.8 Å². The van der Waals surface area contributed by atoms with E-state index in [1.807, 2.05) is 0 Å². The third-order valence-corrected chi connectivity index (χ3v) is 5.59. The molecule has 0 atom stereocenters. The molecule has 0 aromatic heterocycles. The molecule has 2 aromatic carbocycles. The van der Waals surface area contributed by atoms with Gasteiger partial charge >= 0.3 is 118 Å². The van der Waals surface area contributed by atoms with Crippen molar-refractivity contribution in [3.8, 4) is 11.1 Å². The molecule has 6 nitrogen and oxygen atoms in total. The van der Waals surface area contributed by atoms with E-state index in [9.17, 15) is 12.2 Å². The summed E-state index contributed by atoms with van der Waals surface area (Å²) < 4.78 is 59.9. The first-order chi connectivity index (χ1) is 9.18. The minimum atomic E-state index is -4.89. The summed E-state index contributed by atoms with van der Waals surface area (Å²) in [6.45, 7) is 0. The van der Waals surface area contributed by atoms with Crippen LogP contribution in [0.2, 0.25) is 0 Å². The van der Waals surface area contributed by atoms with Gasteiger partial charge in [-0.2, -0.15) is 0 Å². The molecule has 0 spiro atoms. The summed E-state index contributed by atoms with van der Waals surface area (Å²) in [5, 5.41) is 0. The van der Waals surface area contributed by atoms with E-state index in [0.717, 1.165) is 0 Å². The Hall–Kier alpha value is -0.372. The minimum Gasteiger partial charge on any atom is 0 e. The fourth-order valence-corrected chi connectivity index (χ4v) is 3.28. The van der Waals surface area contributed by atoms with Crippen molar-refractivity contribution in [2.75, 3.05) is 0 Å². The summed E-state index contributed by atoms with van der Waals surface area (Å²) in [6.07, 6.45) is 0. The maximum absolute atomic E-state index is 11.1. The van der Waals surface area contributed by atoms with Crippen LogP contribution in [0.5, 0.6) is 0 Å². The van der Waals surface area contributed by atoms with Gasteiger partial charge in [-0.3, -0.25) is 0 Å². The monoisotopic (exact) mass is 381 g/mol. The average molecular weight is 381 g/mol. The second-order valence-corrected chi connectivity index (χ2v) is 8.88. The van der Waals surface area contributed by atoms with Gasteiger partial charge in [-0.15, -0.1) is 0 Å². The molecule has 3 N–H and O–H groups in total. The molecule has 2 aromatic rings. The Balaban J connectivity index is 0.00000220. The molecule has 0 bridgehead atoms. The van der Waals surface area contributed by atoms with E-state index >= 15 is 0 Å². The van der Waals surface area contributed by atoms with Crippen LogP contribution < -0.4 is 4.35 Å². The standard InChI is InChI=1S/C12H11AsO6S.Na/c14-13(15,16)11-5-1-9(2-6-11)10-3-7-12(8-4-10)20(17,18)19;/h1-8H,(H2,14,15,16)(H,17,18,19);. The smallest absolute Gasteiger partial charge is 0 e. The van der Waals surface area contributed by atoms with Crippen molar-refractivity contribution in [2.45, 2.75) is 4.90 Å². The van der Waals surface area contributed by atoms with Gasteiger partial charge in [0.25, 0.3) is 0 Å². The zero-order valence-electron chi connectivity index (χ0n) is 11.0. The Bertz CT molecular complexity index is 764. The Kier molecular flexibility index (Phi) is 6.06. The molecule has 0 saturated carbocycles. The average Bonchev–Trinajstić information content (AvgIpc) is 2.37. The predicted molar refractivity (Wildman–Crippen MR) is 78.0 cm³/mol. The number of rotatable bonds is 3. The maximum atomic E-state index is 11.1. The molecule has 107 valence electrons. The summed E-state index contributed by atoms with van der Waals surface area (Å²) in [4.78, 5) is -0.212. The van der Waals surface area contributed by atoms with Crippen LogP contribution in [-0.4, -0.2) is 64.9 Å². The first-order valence-electron chi connectivity index (χ1n) is 5.42. The minimum absolute atomic E-state index is 0. The van der Waals surface area contributed by atoms with Crippen LogP contribution in [0.4, 0.5) is 0 Å². The van der Waals surface area contributed by atoms with Crippen molar-refractivity contribution in [3.05, 3.63) is 48.5 Å². The molecular weight excluding hydrogens is 370 g/mol. The van der Waals surface area contributed by atoms with Crippen LogP contribution in [0.3, 0.4) is 0 Å². The van der Waals surface area contributed by atoms with Crippen LogP contribution in [0.15, 0.2) is 53.4 Å². The third kappa shape index (κ3) is 4.81. The van der Waals surface area contributed by atoms with Gasteiger partial charge in [0.05, 0.1) is 0 Å². The first kappa shape index (κ1) is 18.7. The topological polar surface area (TPSA) is 112 Å². The van der Waals surface area contributed by atoms with E-state index in [1.54, 1.807) is 0 Å². The van der Waals surface area contributed by atoms with Gasteiger partial charge in [-0.05, 0) is 0 Å². The molecule has 0 aliphatic carbocycles. The summed E-state index contributed by atoms with van der Waals surface area (Å²) in [5.74, 6) is 0. The van der Waals surface area contributed by atoms with E-state index in [0.29, 0.717) is 11.1 Å². The second kappa shape index (κ2) is 6.81. The Labute approximate surface area is 146 Å². The summed E-state index contributed by atoms with van der Waals surface area (Å²) >= 11 is -4.89. The first-order valence-corrected chi connectivity index (χ1v) is 10.2. The summed E-state index contributed by atoms with van der Waals surface area (Å²) in [7, 11) is -4.23. The van der Waals surface area contributed by atoms with E-state index in [4.69, 9.17) is 12.7 Å². The SMILES string of the molecule is O=S(=O)(O)c1ccc(-c2ccc([As](=O)(O)O)cc2)cc1.[Na]. The Morgan fingerprint density at radius 2 is 1.19 bits per heavy atom. The fraction of sp³-hybridized carbons (Fsp3) is 0. The van der Waals surface area contributed by atoms with Gasteiger partial charge in [0.1, 0.15) is 0 Å². The molecule has 2 rings (SSSR count). The molecule has 0 amide bonds. The molecule has 0 unspecified atom stereocenters. The van der Waals surface area contributed by atoms with Crippen molar-refractivity contribution >= 4 is 58.2 Å². The van der Waals surface area contributed by atoms with Crippen LogP contribution in [0.25, 0.3) is 11.1 Å². The number of hydrogen-bond donors (Lipinski definition) is 3. The summed E-state index contributed by atoms with van der Waals surface area (Å²) in [6, 6.07) is 11.3. The van der Waals surface area contributed by atoms with Crippen LogP contribution in [-0.2, 0) is 13.9 Å². The van der Waals surface area contributed by atoms with Crippen LogP contribution in [0, 0.1) is 0 Å². The normalized spacial score (nSPS) is 11.8. The van der Waals surface area contributed by atoms with E-state index in [2.05, 4.69) is 0 Å². The molecule has 0 fully saturated rings. The van der Waals surface area contributed by atoms with Gasteiger partial charge < -0.3 is 0 Å². The van der Waals surface area contributed by atoms with E-state index < -0.39 is 24.3 Å². The van der Waals surface area contributed by atoms with Crippen molar-refractivity contribution in [1.82, 2.24) is 0 Å². The van der Waals surface area contributed by atoms with E-state index in [1.165, 1.54) is 48.5 Å². The molecule has 0 aliphatic rings. The van der Waals surface area contributed by atoms with Crippen molar-refractivity contribution in [2.24, 2.45) is 0 Å². The molecule has 0 heterocycles. The summed E-state index contributed by atoms with van der Waals surface area (Å²) in [5.41, 5.74) is 1.35. The molecule has 21 heavy (non-hydrogen) atoms. The molecule has 1 radical (unpaired) electrons. The molecular formula is C12H11AsNaO6S. The van der Waals surface area contributed by atoms with Crippen molar-refractivity contribution in [1.29, 1.82) is 0 Å².